The minimum absolute atomic E-state index is 0.00834. The first-order valence-electron chi connectivity index (χ1n) is 7.79. The molecule has 5 heteroatoms. The topological polar surface area (TPSA) is 64.3 Å². The molecule has 3 N–H and O–H groups in total. The Hall–Kier alpha value is -0.680. The predicted octanol–water partition coefficient (Wildman–Crippen LogP) is 2.55. The maximum absolute atomic E-state index is 12.5. The Morgan fingerprint density at radius 2 is 1.90 bits per heavy atom. The quantitative estimate of drug-likeness (QED) is 0.411. The van der Waals surface area contributed by atoms with E-state index in [-0.39, 0.29) is 5.91 Å². The molecular weight excluding hydrogens is 272 g/mol. The van der Waals surface area contributed by atoms with Crippen LogP contribution in [0.3, 0.4) is 0 Å². The van der Waals surface area contributed by atoms with Gasteiger partial charge in [-0.3, -0.25) is 4.79 Å². The number of amides is 1. The first-order valence-corrected chi connectivity index (χ1v) is 8.20. The Balaban J connectivity index is 2.42. The van der Waals surface area contributed by atoms with Crippen molar-refractivity contribution in [2.75, 3.05) is 19.8 Å². The van der Waals surface area contributed by atoms with Crippen molar-refractivity contribution >= 4 is 23.1 Å². The van der Waals surface area contributed by atoms with Gasteiger partial charge in [0, 0.05) is 13.2 Å². The average Bonchev–Trinajstić information content (AvgIpc) is 2.69. The minimum Gasteiger partial charge on any atom is -0.392 e. The predicted molar refractivity (Wildman–Crippen MR) is 85.7 cm³/mol. The van der Waals surface area contributed by atoms with Crippen LogP contribution in [0.5, 0.6) is 0 Å². The van der Waals surface area contributed by atoms with Crippen LogP contribution < -0.4 is 11.1 Å². The van der Waals surface area contributed by atoms with Gasteiger partial charge in [-0.1, -0.05) is 51.2 Å². The molecule has 0 aromatic heterocycles. The van der Waals surface area contributed by atoms with Gasteiger partial charge in [0.2, 0.25) is 5.91 Å². The third-order valence-electron chi connectivity index (χ3n) is 4.04. The van der Waals surface area contributed by atoms with Gasteiger partial charge >= 0.3 is 0 Å². The van der Waals surface area contributed by atoms with Crippen molar-refractivity contribution < 1.29 is 9.53 Å². The number of hydrogen-bond donors (Lipinski definition) is 2. The molecule has 1 aliphatic carbocycles. The molecule has 0 spiro atoms. The van der Waals surface area contributed by atoms with E-state index in [1.165, 1.54) is 0 Å². The van der Waals surface area contributed by atoms with Crippen LogP contribution in [0.1, 0.15) is 58.3 Å². The van der Waals surface area contributed by atoms with E-state index in [1.54, 1.807) is 0 Å². The fourth-order valence-corrected chi connectivity index (χ4v) is 2.97. The van der Waals surface area contributed by atoms with E-state index < -0.39 is 5.41 Å². The highest BCUT2D eigenvalue weighted by Crippen LogP contribution is 2.35. The van der Waals surface area contributed by atoms with E-state index in [2.05, 4.69) is 12.2 Å². The number of carbonyl (C=O) groups excluding carboxylic acids is 1. The van der Waals surface area contributed by atoms with Crippen LogP contribution in [0.15, 0.2) is 0 Å². The van der Waals surface area contributed by atoms with Crippen molar-refractivity contribution in [3.63, 3.8) is 0 Å². The molecule has 0 aliphatic heterocycles. The van der Waals surface area contributed by atoms with Crippen molar-refractivity contribution in [2.45, 2.75) is 58.3 Å². The van der Waals surface area contributed by atoms with E-state index in [0.29, 0.717) is 18.1 Å². The molecule has 20 heavy (non-hydrogen) atoms. The number of rotatable bonds is 8. The Kier molecular flexibility index (Phi) is 8.07. The van der Waals surface area contributed by atoms with Gasteiger partial charge in [0.25, 0.3) is 0 Å². The number of carbonyl (C=O) groups is 1. The van der Waals surface area contributed by atoms with Crippen LogP contribution in [0.2, 0.25) is 0 Å². The summed E-state index contributed by atoms with van der Waals surface area (Å²) in [5, 5.41) is 2.95. The van der Waals surface area contributed by atoms with Crippen LogP contribution in [-0.4, -0.2) is 30.7 Å². The van der Waals surface area contributed by atoms with E-state index in [0.717, 1.165) is 58.0 Å². The molecule has 0 heterocycles. The second-order valence-electron chi connectivity index (χ2n) is 5.58. The molecule has 4 nitrogen and oxygen atoms in total. The Labute approximate surface area is 127 Å². The average molecular weight is 300 g/mol. The fraction of sp³-hybridized carbons (Fsp3) is 0.867. The highest BCUT2D eigenvalue weighted by molar-refractivity contribution is 7.80. The smallest absolute Gasteiger partial charge is 0.233 e. The molecule has 116 valence electrons. The number of thiocarbonyl (C=S) groups is 1. The molecule has 0 aromatic rings. The van der Waals surface area contributed by atoms with Crippen molar-refractivity contribution in [3.05, 3.63) is 0 Å². The molecule has 0 unspecified atom stereocenters. The number of hydrogen-bond acceptors (Lipinski definition) is 3. The molecule has 0 saturated heterocycles. The summed E-state index contributed by atoms with van der Waals surface area (Å²) < 4.78 is 5.45. The Morgan fingerprint density at radius 3 is 2.45 bits per heavy atom. The second kappa shape index (κ2) is 9.29. The van der Waals surface area contributed by atoms with Crippen molar-refractivity contribution in [1.82, 2.24) is 5.32 Å². The lowest BCUT2D eigenvalue weighted by molar-refractivity contribution is -0.128. The van der Waals surface area contributed by atoms with Crippen LogP contribution in [0.4, 0.5) is 0 Å². The summed E-state index contributed by atoms with van der Waals surface area (Å²) in [5.41, 5.74) is 5.25. The lowest BCUT2D eigenvalue weighted by Crippen LogP contribution is -2.49. The Bertz CT molecular complexity index is 313. The van der Waals surface area contributed by atoms with Crippen molar-refractivity contribution in [3.8, 4) is 0 Å². The standard InChI is InChI=1S/C15H28N2O2S/c1-2-3-11-19-12-10-17-14(18)15(13(16)20)8-6-4-5-7-9-15/h2-12H2,1H3,(H2,16,20)(H,17,18). The number of unbranched alkanes of at least 4 members (excludes halogenated alkanes) is 1. The molecule has 1 aliphatic rings. The number of nitrogens with two attached hydrogens (primary N) is 1. The van der Waals surface area contributed by atoms with Crippen LogP contribution >= 0.6 is 12.2 Å². The first-order chi connectivity index (χ1) is 9.63. The van der Waals surface area contributed by atoms with Crippen LogP contribution in [-0.2, 0) is 9.53 Å². The Morgan fingerprint density at radius 1 is 1.25 bits per heavy atom. The summed E-state index contributed by atoms with van der Waals surface area (Å²) in [6.45, 7) is 3.97. The molecule has 0 atom stereocenters. The lowest BCUT2D eigenvalue weighted by Gasteiger charge is -2.30. The molecule has 1 amide bonds. The third kappa shape index (κ3) is 5.02. The SMILES string of the molecule is CCCCOCCNC(=O)C1(C(N)=S)CCCCCC1. The monoisotopic (exact) mass is 300 g/mol. The summed E-state index contributed by atoms with van der Waals surface area (Å²) in [6.07, 6.45) is 8.13. The summed E-state index contributed by atoms with van der Waals surface area (Å²) in [6, 6.07) is 0. The third-order valence-corrected chi connectivity index (χ3v) is 4.43. The van der Waals surface area contributed by atoms with Gasteiger partial charge in [-0.15, -0.1) is 0 Å². The summed E-state index contributed by atoms with van der Waals surface area (Å²) >= 11 is 5.19. The zero-order valence-corrected chi connectivity index (χ0v) is 13.4. The summed E-state index contributed by atoms with van der Waals surface area (Å²) in [5.74, 6) is -0.00834. The largest absolute Gasteiger partial charge is 0.392 e. The van der Waals surface area contributed by atoms with Gasteiger partial charge in [0.15, 0.2) is 0 Å². The summed E-state index contributed by atoms with van der Waals surface area (Å²) in [7, 11) is 0. The van der Waals surface area contributed by atoms with E-state index >= 15 is 0 Å². The van der Waals surface area contributed by atoms with Crippen LogP contribution in [0, 0.1) is 5.41 Å². The molecule has 1 saturated carbocycles. The highest BCUT2D eigenvalue weighted by Gasteiger charge is 2.41. The number of ether oxygens (including phenoxy) is 1. The second-order valence-corrected chi connectivity index (χ2v) is 6.02. The first kappa shape index (κ1) is 17.4. The number of nitrogens with one attached hydrogen (secondary N) is 1. The molecule has 0 radical (unpaired) electrons. The molecule has 1 rings (SSSR count). The van der Waals surface area contributed by atoms with Gasteiger partial charge < -0.3 is 15.8 Å². The van der Waals surface area contributed by atoms with Crippen molar-refractivity contribution in [1.29, 1.82) is 0 Å². The zero-order valence-electron chi connectivity index (χ0n) is 12.6. The fourth-order valence-electron chi connectivity index (χ4n) is 2.67. The minimum atomic E-state index is -0.630. The van der Waals surface area contributed by atoms with Crippen LogP contribution in [0.25, 0.3) is 0 Å². The van der Waals surface area contributed by atoms with E-state index in [9.17, 15) is 4.79 Å². The summed E-state index contributed by atoms with van der Waals surface area (Å²) in [4.78, 5) is 12.8. The van der Waals surface area contributed by atoms with Gasteiger partial charge in [-0.25, -0.2) is 0 Å². The lowest BCUT2D eigenvalue weighted by atomic mass is 9.79. The van der Waals surface area contributed by atoms with Gasteiger partial charge in [0.05, 0.1) is 17.0 Å². The molecule has 0 aromatic carbocycles. The molecular formula is C15H28N2O2S. The zero-order chi connectivity index (χ0) is 14.8. The maximum atomic E-state index is 12.5. The van der Waals surface area contributed by atoms with Crippen molar-refractivity contribution in [2.24, 2.45) is 11.1 Å². The van der Waals surface area contributed by atoms with Gasteiger partial charge in [-0.05, 0) is 19.3 Å². The highest BCUT2D eigenvalue weighted by atomic mass is 32.1. The van der Waals surface area contributed by atoms with Gasteiger partial charge in [-0.2, -0.15) is 0 Å². The molecule has 0 bridgehead atoms. The van der Waals surface area contributed by atoms with E-state index in [1.807, 2.05) is 0 Å². The normalized spacial score (nSPS) is 18.2. The maximum Gasteiger partial charge on any atom is 0.233 e. The van der Waals surface area contributed by atoms with E-state index in [4.69, 9.17) is 22.7 Å². The van der Waals surface area contributed by atoms with Gasteiger partial charge in [0.1, 0.15) is 0 Å². The molecule has 1 fully saturated rings.